The number of nitro groups is 1. The van der Waals surface area contributed by atoms with Gasteiger partial charge in [0.25, 0.3) is 5.69 Å². The number of halogens is 1. The number of nitrogens with zero attached hydrogens (tertiary/aromatic N) is 1. The predicted octanol–water partition coefficient (Wildman–Crippen LogP) is 6.17. The molecule has 5 nitrogen and oxygen atoms in total. The molecule has 0 fully saturated rings. The number of nitro benzene ring substituents is 1. The lowest BCUT2D eigenvalue weighted by molar-refractivity contribution is -0.384. The molecule has 0 heterocycles. The molecule has 144 valence electrons. The molecule has 0 spiro atoms. The maximum absolute atomic E-state index is 10.8. The molecule has 0 aliphatic heterocycles. The summed E-state index contributed by atoms with van der Waals surface area (Å²) in [6.07, 6.45) is 0. The van der Waals surface area contributed by atoms with Gasteiger partial charge < -0.3 is 10.1 Å². The summed E-state index contributed by atoms with van der Waals surface area (Å²) in [6, 6.07) is 18.5. The average Bonchev–Trinajstić information content (AvgIpc) is 2.68. The van der Waals surface area contributed by atoms with Gasteiger partial charge in [0.2, 0.25) is 0 Å². The Bertz CT molecular complexity index is 988. The number of aryl methyl sites for hydroxylation is 1. The largest absolute Gasteiger partial charge is 0.489 e. The minimum atomic E-state index is -0.406. The fourth-order valence-corrected chi connectivity index (χ4v) is 3.24. The summed E-state index contributed by atoms with van der Waals surface area (Å²) in [5.41, 5.74) is 5.55. The highest BCUT2D eigenvalue weighted by Crippen LogP contribution is 2.26. The Kier molecular flexibility index (Phi) is 6.31. The summed E-state index contributed by atoms with van der Waals surface area (Å²) in [5, 5.41) is 14.2. The Hall–Kier alpha value is -2.86. The summed E-state index contributed by atoms with van der Waals surface area (Å²) >= 11 is 3.52. The van der Waals surface area contributed by atoms with E-state index in [4.69, 9.17) is 4.74 Å². The molecule has 3 rings (SSSR count). The standard InChI is InChI=1S/C22H21BrN2O3/c1-15-4-3-5-21(16(15)2)24-13-18-12-19(23)8-11-22(18)28-14-17-6-9-20(10-7-17)25(26)27/h3-12,24H,13-14H2,1-2H3. The lowest BCUT2D eigenvalue weighted by Gasteiger charge is -2.15. The van der Waals surface area contributed by atoms with Gasteiger partial charge in [-0.05, 0) is 66.9 Å². The molecule has 0 saturated heterocycles. The van der Waals surface area contributed by atoms with Crippen molar-refractivity contribution in [1.29, 1.82) is 0 Å². The first-order chi connectivity index (χ1) is 13.4. The fourth-order valence-electron chi connectivity index (χ4n) is 2.84. The summed E-state index contributed by atoms with van der Waals surface area (Å²) < 4.78 is 6.97. The number of rotatable bonds is 7. The van der Waals surface area contributed by atoms with Crippen LogP contribution in [0.2, 0.25) is 0 Å². The van der Waals surface area contributed by atoms with Gasteiger partial charge in [0.1, 0.15) is 12.4 Å². The Morgan fingerprint density at radius 2 is 1.82 bits per heavy atom. The molecule has 0 bridgehead atoms. The first kappa shape index (κ1) is 19.9. The number of hydrogen-bond acceptors (Lipinski definition) is 4. The Morgan fingerprint density at radius 3 is 2.54 bits per heavy atom. The summed E-state index contributed by atoms with van der Waals surface area (Å²) in [5.74, 6) is 0.777. The lowest BCUT2D eigenvalue weighted by Crippen LogP contribution is -2.05. The van der Waals surface area contributed by atoms with Gasteiger partial charge in [0.15, 0.2) is 0 Å². The second-order valence-corrected chi connectivity index (χ2v) is 7.48. The van der Waals surface area contributed by atoms with E-state index in [2.05, 4.69) is 47.2 Å². The smallest absolute Gasteiger partial charge is 0.269 e. The van der Waals surface area contributed by atoms with Crippen LogP contribution >= 0.6 is 15.9 Å². The van der Waals surface area contributed by atoms with Crippen LogP contribution in [-0.2, 0) is 13.2 Å². The van der Waals surface area contributed by atoms with Crippen LogP contribution in [0.25, 0.3) is 0 Å². The van der Waals surface area contributed by atoms with Crippen LogP contribution in [0.3, 0.4) is 0 Å². The molecule has 0 saturated carbocycles. The molecule has 0 aromatic heterocycles. The van der Waals surface area contributed by atoms with E-state index in [1.807, 2.05) is 24.3 Å². The number of non-ortho nitro benzene ring substituents is 1. The average molecular weight is 441 g/mol. The van der Waals surface area contributed by atoms with E-state index < -0.39 is 4.92 Å². The van der Waals surface area contributed by atoms with Gasteiger partial charge in [0, 0.05) is 34.4 Å². The molecule has 6 heteroatoms. The molecule has 0 atom stereocenters. The highest BCUT2D eigenvalue weighted by atomic mass is 79.9. The van der Waals surface area contributed by atoms with Gasteiger partial charge in [-0.3, -0.25) is 10.1 Å². The van der Waals surface area contributed by atoms with Crippen molar-refractivity contribution in [2.45, 2.75) is 27.0 Å². The first-order valence-electron chi connectivity index (χ1n) is 8.88. The van der Waals surface area contributed by atoms with Crippen molar-refractivity contribution in [3.05, 3.63) is 97.5 Å². The third-order valence-electron chi connectivity index (χ3n) is 4.64. The van der Waals surface area contributed by atoms with E-state index in [-0.39, 0.29) is 5.69 Å². The first-order valence-corrected chi connectivity index (χ1v) is 9.68. The highest BCUT2D eigenvalue weighted by Gasteiger charge is 2.08. The maximum Gasteiger partial charge on any atom is 0.269 e. The van der Waals surface area contributed by atoms with Crippen molar-refractivity contribution >= 4 is 27.3 Å². The van der Waals surface area contributed by atoms with Crippen molar-refractivity contribution in [3.63, 3.8) is 0 Å². The van der Waals surface area contributed by atoms with Gasteiger partial charge in [-0.1, -0.05) is 28.1 Å². The van der Waals surface area contributed by atoms with Crippen molar-refractivity contribution in [3.8, 4) is 5.75 Å². The van der Waals surface area contributed by atoms with Crippen LogP contribution in [0.4, 0.5) is 11.4 Å². The van der Waals surface area contributed by atoms with E-state index in [1.165, 1.54) is 23.3 Å². The van der Waals surface area contributed by atoms with Gasteiger partial charge >= 0.3 is 0 Å². The second-order valence-electron chi connectivity index (χ2n) is 6.57. The van der Waals surface area contributed by atoms with Crippen molar-refractivity contribution in [1.82, 2.24) is 0 Å². The van der Waals surface area contributed by atoms with Crippen LogP contribution in [-0.4, -0.2) is 4.92 Å². The summed E-state index contributed by atoms with van der Waals surface area (Å²) in [7, 11) is 0. The molecule has 0 aliphatic carbocycles. The van der Waals surface area contributed by atoms with Crippen molar-refractivity contribution in [2.75, 3.05) is 5.32 Å². The summed E-state index contributed by atoms with van der Waals surface area (Å²) in [4.78, 5) is 10.4. The van der Waals surface area contributed by atoms with E-state index in [9.17, 15) is 10.1 Å². The van der Waals surface area contributed by atoms with E-state index in [1.54, 1.807) is 12.1 Å². The lowest BCUT2D eigenvalue weighted by atomic mass is 10.1. The molecule has 0 unspecified atom stereocenters. The van der Waals surface area contributed by atoms with Gasteiger partial charge in [0.05, 0.1) is 4.92 Å². The molecular formula is C22H21BrN2O3. The highest BCUT2D eigenvalue weighted by molar-refractivity contribution is 9.10. The zero-order chi connectivity index (χ0) is 20.1. The third kappa shape index (κ3) is 4.89. The molecule has 0 amide bonds. The Morgan fingerprint density at radius 1 is 1.07 bits per heavy atom. The van der Waals surface area contributed by atoms with Crippen LogP contribution in [0.15, 0.2) is 65.1 Å². The number of nitrogens with one attached hydrogen (secondary N) is 1. The van der Waals surface area contributed by atoms with Gasteiger partial charge in [-0.15, -0.1) is 0 Å². The van der Waals surface area contributed by atoms with Crippen molar-refractivity contribution in [2.24, 2.45) is 0 Å². The Labute approximate surface area is 172 Å². The monoisotopic (exact) mass is 440 g/mol. The molecule has 3 aromatic carbocycles. The third-order valence-corrected chi connectivity index (χ3v) is 5.13. The van der Waals surface area contributed by atoms with E-state index >= 15 is 0 Å². The predicted molar refractivity (Wildman–Crippen MR) is 115 cm³/mol. The number of ether oxygens (including phenoxy) is 1. The zero-order valence-corrected chi connectivity index (χ0v) is 17.3. The number of anilines is 1. The molecule has 3 aromatic rings. The Balaban J connectivity index is 1.71. The second kappa shape index (κ2) is 8.89. The fraction of sp³-hybridized carbons (Fsp3) is 0.182. The summed E-state index contributed by atoms with van der Waals surface area (Å²) in [6.45, 7) is 5.17. The topological polar surface area (TPSA) is 64.4 Å². The minimum Gasteiger partial charge on any atom is -0.489 e. The molecule has 0 aliphatic rings. The van der Waals surface area contributed by atoms with E-state index in [0.717, 1.165) is 27.0 Å². The van der Waals surface area contributed by atoms with Crippen molar-refractivity contribution < 1.29 is 9.66 Å². The van der Waals surface area contributed by atoms with Crippen LogP contribution in [0, 0.1) is 24.0 Å². The van der Waals surface area contributed by atoms with Crippen LogP contribution < -0.4 is 10.1 Å². The number of benzene rings is 3. The number of hydrogen-bond donors (Lipinski definition) is 1. The minimum absolute atomic E-state index is 0.0748. The van der Waals surface area contributed by atoms with Gasteiger partial charge in [-0.25, -0.2) is 0 Å². The van der Waals surface area contributed by atoms with Crippen LogP contribution in [0.1, 0.15) is 22.3 Å². The maximum atomic E-state index is 10.8. The molecule has 1 N–H and O–H groups in total. The SMILES string of the molecule is Cc1cccc(NCc2cc(Br)ccc2OCc2ccc([N+](=O)[O-])cc2)c1C. The molecule has 0 radical (unpaired) electrons. The van der Waals surface area contributed by atoms with Crippen LogP contribution in [0.5, 0.6) is 5.75 Å². The van der Waals surface area contributed by atoms with E-state index in [0.29, 0.717) is 13.2 Å². The molecule has 28 heavy (non-hydrogen) atoms. The molecular weight excluding hydrogens is 420 g/mol. The zero-order valence-electron chi connectivity index (χ0n) is 15.7. The normalized spacial score (nSPS) is 10.5. The quantitative estimate of drug-likeness (QED) is 0.352. The van der Waals surface area contributed by atoms with Gasteiger partial charge in [-0.2, -0.15) is 0 Å².